The first-order valence-electron chi connectivity index (χ1n) is 16.0. The fraction of sp³-hybridized carbons (Fsp3) is 0.562. The second-order valence-electron chi connectivity index (χ2n) is 13.0. The first-order chi connectivity index (χ1) is 21.6. The molecule has 3 aliphatic carbocycles. The maximum atomic E-state index is 13.7. The number of carbonyl (C=O) groups excluding carboxylic acids is 2. The molecule has 2 bridgehead atoms. The molecule has 0 radical (unpaired) electrons. The highest BCUT2D eigenvalue weighted by Gasteiger charge is 2.50. The number of halogens is 3. The monoisotopic (exact) mass is 641 g/mol. The summed E-state index contributed by atoms with van der Waals surface area (Å²) >= 11 is 0.584. The Bertz CT molecular complexity index is 1570. The van der Waals surface area contributed by atoms with Gasteiger partial charge in [0.25, 0.3) is 5.91 Å². The summed E-state index contributed by atoms with van der Waals surface area (Å²) in [4.78, 5) is 38.2. The van der Waals surface area contributed by atoms with E-state index in [1.807, 2.05) is 4.90 Å². The molecular weight excluding hydrogens is 603 g/mol. The molecule has 4 aliphatic rings. The number of hydrogen-bond acceptors (Lipinski definition) is 8. The molecule has 7 rings (SSSR count). The van der Waals surface area contributed by atoms with Crippen LogP contribution >= 0.6 is 11.3 Å². The number of nitrogens with two attached hydrogens (primary N) is 1. The van der Waals surface area contributed by atoms with Crippen LogP contribution in [-0.2, 0) is 11.0 Å². The second-order valence-corrected chi connectivity index (χ2v) is 14.0. The van der Waals surface area contributed by atoms with E-state index in [1.165, 1.54) is 32.1 Å². The van der Waals surface area contributed by atoms with Gasteiger partial charge < -0.3 is 21.3 Å². The highest BCUT2D eigenvalue weighted by atomic mass is 32.1. The molecule has 45 heavy (non-hydrogen) atoms. The fourth-order valence-electron chi connectivity index (χ4n) is 8.03. The number of rotatable bonds is 7. The second kappa shape index (κ2) is 12.1. The molecule has 1 aromatic carbocycles. The summed E-state index contributed by atoms with van der Waals surface area (Å²) in [7, 11) is 0. The number of aromatic nitrogens is 2. The van der Waals surface area contributed by atoms with Gasteiger partial charge in [0.2, 0.25) is 11.9 Å². The van der Waals surface area contributed by atoms with Crippen LogP contribution in [0, 0.1) is 17.8 Å². The van der Waals surface area contributed by atoms with Crippen LogP contribution < -0.4 is 16.4 Å². The van der Waals surface area contributed by atoms with Gasteiger partial charge >= 0.3 is 6.18 Å². The number of fused-ring (bicyclic) bond motifs is 3. The summed E-state index contributed by atoms with van der Waals surface area (Å²) in [5.74, 6) is -0.0490. The molecule has 3 unspecified atom stereocenters. The number of piperazine rings is 1. The van der Waals surface area contributed by atoms with Gasteiger partial charge in [-0.1, -0.05) is 19.3 Å². The molecule has 4 N–H and O–H groups in total. The van der Waals surface area contributed by atoms with Crippen LogP contribution in [0.1, 0.15) is 66.6 Å². The maximum absolute atomic E-state index is 13.7. The average molecular weight is 642 g/mol. The maximum Gasteiger partial charge on any atom is 0.425 e. The van der Waals surface area contributed by atoms with Gasteiger partial charge in [-0.05, 0) is 74.3 Å². The van der Waals surface area contributed by atoms with Gasteiger partial charge in [-0.15, -0.1) is 11.3 Å². The number of benzene rings is 1. The van der Waals surface area contributed by atoms with Gasteiger partial charge in [-0.25, -0.2) is 4.98 Å². The number of anilines is 3. The molecule has 9 nitrogen and oxygen atoms in total. The van der Waals surface area contributed by atoms with E-state index in [9.17, 15) is 22.8 Å². The summed E-state index contributed by atoms with van der Waals surface area (Å²) in [6, 6.07) is 8.37. The van der Waals surface area contributed by atoms with Crippen LogP contribution in [0.15, 0.2) is 30.3 Å². The van der Waals surface area contributed by atoms with E-state index in [0.717, 1.165) is 38.4 Å². The fourth-order valence-corrected chi connectivity index (χ4v) is 8.95. The van der Waals surface area contributed by atoms with Crippen LogP contribution in [0.25, 0.3) is 10.2 Å². The van der Waals surface area contributed by atoms with E-state index in [0.29, 0.717) is 41.7 Å². The third-order valence-electron chi connectivity index (χ3n) is 10.3. The van der Waals surface area contributed by atoms with E-state index >= 15 is 0 Å². The molecule has 4 fully saturated rings. The number of hydrogen-bond donors (Lipinski definition) is 3. The number of alkyl halides is 3. The standard InChI is InChI=1S/C32H38F3N7O2S/c33-32(34,35)24-17-23-27(45-24)29(39-26-20-7-6-19(16-20)25(26)28(36)43)40-31(38-23)37-21-10-8-18(9-11-21)30(44)42-14-12-41(13-15-42)22-4-2-1-3-5-22/h8-11,17,19-20,22,25-26H,1-7,12-16H2,(H2,36,43)(H2,37,38,39,40)/t19?,20?,25-,26?/m0/s1. The largest absolute Gasteiger partial charge is 0.425 e. The number of primary amides is 1. The lowest BCUT2D eigenvalue weighted by Gasteiger charge is -2.40. The van der Waals surface area contributed by atoms with Crippen molar-refractivity contribution in [2.45, 2.75) is 69.6 Å². The zero-order valence-corrected chi connectivity index (χ0v) is 25.8. The van der Waals surface area contributed by atoms with Gasteiger partial charge in [0.05, 0.1) is 16.1 Å². The Morgan fingerprint density at radius 3 is 2.33 bits per heavy atom. The Labute approximate surface area is 263 Å². The van der Waals surface area contributed by atoms with Crippen LogP contribution in [0.3, 0.4) is 0 Å². The molecule has 0 spiro atoms. The number of carbonyl (C=O) groups is 2. The zero-order valence-electron chi connectivity index (χ0n) is 25.0. The molecule has 3 saturated carbocycles. The van der Waals surface area contributed by atoms with Crippen molar-refractivity contribution in [3.63, 3.8) is 0 Å². The van der Waals surface area contributed by atoms with Crippen LogP contribution in [-0.4, -0.2) is 69.8 Å². The highest BCUT2D eigenvalue weighted by molar-refractivity contribution is 7.19. The molecule has 1 aliphatic heterocycles. The number of nitrogens with one attached hydrogen (secondary N) is 2. The first-order valence-corrected chi connectivity index (χ1v) is 16.8. The molecule has 4 atom stereocenters. The van der Waals surface area contributed by atoms with E-state index in [2.05, 4.69) is 25.5 Å². The van der Waals surface area contributed by atoms with Gasteiger partial charge in [0.1, 0.15) is 10.7 Å². The van der Waals surface area contributed by atoms with Gasteiger partial charge in [0, 0.05) is 49.5 Å². The van der Waals surface area contributed by atoms with Crippen LogP contribution in [0.4, 0.5) is 30.6 Å². The minimum absolute atomic E-state index is 0.0122. The van der Waals surface area contributed by atoms with E-state index in [1.54, 1.807) is 24.3 Å². The summed E-state index contributed by atoms with van der Waals surface area (Å²) in [6.07, 6.45) is 4.61. The number of thiophene rings is 1. The average Bonchev–Trinajstić information content (AvgIpc) is 3.77. The van der Waals surface area contributed by atoms with Crippen molar-refractivity contribution in [2.24, 2.45) is 23.5 Å². The van der Waals surface area contributed by atoms with Crippen molar-refractivity contribution >= 4 is 50.8 Å². The topological polar surface area (TPSA) is 116 Å². The summed E-state index contributed by atoms with van der Waals surface area (Å²) < 4.78 is 41.3. The Morgan fingerprint density at radius 1 is 0.933 bits per heavy atom. The summed E-state index contributed by atoms with van der Waals surface area (Å²) in [6.45, 7) is 3.21. The highest BCUT2D eigenvalue weighted by Crippen LogP contribution is 2.50. The molecule has 1 saturated heterocycles. The lowest BCUT2D eigenvalue weighted by Crippen LogP contribution is -2.52. The predicted molar refractivity (Wildman–Crippen MR) is 167 cm³/mol. The Balaban J connectivity index is 1.07. The van der Waals surface area contributed by atoms with Crippen molar-refractivity contribution < 1.29 is 22.8 Å². The molecule has 13 heteroatoms. The van der Waals surface area contributed by atoms with Gasteiger partial charge in [-0.3, -0.25) is 14.5 Å². The minimum Gasteiger partial charge on any atom is -0.369 e. The van der Waals surface area contributed by atoms with E-state index in [4.69, 9.17) is 5.73 Å². The van der Waals surface area contributed by atoms with E-state index in [-0.39, 0.29) is 45.8 Å². The van der Waals surface area contributed by atoms with Gasteiger partial charge in [0.15, 0.2) is 0 Å². The smallest absolute Gasteiger partial charge is 0.369 e. The zero-order chi connectivity index (χ0) is 31.3. The molecule has 240 valence electrons. The van der Waals surface area contributed by atoms with E-state index < -0.39 is 22.9 Å². The van der Waals surface area contributed by atoms with Gasteiger partial charge in [-0.2, -0.15) is 18.2 Å². The quantitative estimate of drug-likeness (QED) is 0.296. The number of nitrogens with zero attached hydrogens (tertiary/aromatic N) is 4. The minimum atomic E-state index is -4.52. The lowest BCUT2D eigenvalue weighted by atomic mass is 9.84. The Hall–Kier alpha value is -3.45. The molecule has 3 heterocycles. The first kappa shape index (κ1) is 30.2. The van der Waals surface area contributed by atoms with Crippen molar-refractivity contribution in [1.82, 2.24) is 19.8 Å². The molecule has 2 aromatic heterocycles. The molecular formula is C32H38F3N7O2S. The van der Waals surface area contributed by atoms with Crippen molar-refractivity contribution in [3.8, 4) is 0 Å². The van der Waals surface area contributed by atoms with Crippen molar-refractivity contribution in [2.75, 3.05) is 36.8 Å². The Kier molecular flexibility index (Phi) is 8.09. The van der Waals surface area contributed by atoms with Crippen LogP contribution in [0.5, 0.6) is 0 Å². The molecule has 3 aromatic rings. The third kappa shape index (κ3) is 6.08. The van der Waals surface area contributed by atoms with Crippen molar-refractivity contribution in [3.05, 3.63) is 40.8 Å². The normalized spacial score (nSPS) is 26.0. The lowest BCUT2D eigenvalue weighted by molar-refractivity contribution is -0.134. The van der Waals surface area contributed by atoms with Crippen LogP contribution in [0.2, 0.25) is 0 Å². The predicted octanol–water partition coefficient (Wildman–Crippen LogP) is 5.86. The third-order valence-corrected chi connectivity index (χ3v) is 11.5. The van der Waals surface area contributed by atoms with Crippen molar-refractivity contribution in [1.29, 1.82) is 0 Å². The summed E-state index contributed by atoms with van der Waals surface area (Å²) in [5, 5.41) is 6.42. The Morgan fingerprint density at radius 2 is 1.64 bits per heavy atom. The molecule has 2 amide bonds. The SMILES string of the molecule is NC(=O)[C@H]1C2CCC(C2)C1Nc1nc(Nc2ccc(C(=O)N3CCN(C4CCCCC4)CC3)cc2)nc2cc(C(F)(F)F)sc12. The number of amides is 2. The summed E-state index contributed by atoms with van der Waals surface area (Å²) in [5.41, 5.74) is 7.08.